The zero-order valence-electron chi connectivity index (χ0n) is 21.8. The average molecular weight is 540 g/mol. The standard InChI is InChI=1S/C28H33N3O6S/c1-18(2)16-23(30-28(34)26-19(3)21-12-7-8-14-25(21)37-26)27(33)29-22-13-9-15-31(17-24(22)32)38(35,36)20-10-5-4-6-11-20/h4-8,10-12,14,18,22-23H,9,13,15-17H2,1-3H3,(H,29,33)(H,30,34)/t22-,23-/m1/s1. The molecule has 0 bridgehead atoms. The quantitative estimate of drug-likeness (QED) is 0.452. The lowest BCUT2D eigenvalue weighted by Gasteiger charge is -2.23. The first kappa shape index (κ1) is 27.5. The maximum Gasteiger partial charge on any atom is 0.287 e. The maximum atomic E-state index is 13.3. The smallest absolute Gasteiger partial charge is 0.287 e. The van der Waals surface area contributed by atoms with Gasteiger partial charge in [-0.2, -0.15) is 4.31 Å². The Morgan fingerprint density at radius 2 is 1.76 bits per heavy atom. The van der Waals surface area contributed by atoms with E-state index < -0.39 is 39.7 Å². The molecule has 2 aromatic carbocycles. The van der Waals surface area contributed by atoms with Gasteiger partial charge < -0.3 is 15.1 Å². The summed E-state index contributed by atoms with van der Waals surface area (Å²) in [5.74, 6) is -1.16. The number of sulfonamides is 1. The summed E-state index contributed by atoms with van der Waals surface area (Å²) in [5.41, 5.74) is 1.26. The van der Waals surface area contributed by atoms with Crippen molar-refractivity contribution >= 4 is 38.6 Å². The number of carbonyl (C=O) groups is 3. The summed E-state index contributed by atoms with van der Waals surface area (Å²) in [6.07, 6.45) is 1.06. The molecule has 2 heterocycles. The molecule has 1 saturated heterocycles. The summed E-state index contributed by atoms with van der Waals surface area (Å²) in [6, 6.07) is 13.5. The molecule has 0 aliphatic carbocycles. The number of benzene rings is 2. The van der Waals surface area contributed by atoms with Gasteiger partial charge in [-0.05, 0) is 50.3 Å². The molecule has 3 aromatic rings. The first-order valence-corrected chi connectivity index (χ1v) is 14.2. The van der Waals surface area contributed by atoms with Crippen molar-refractivity contribution in [2.75, 3.05) is 13.1 Å². The molecule has 0 radical (unpaired) electrons. The molecular weight excluding hydrogens is 506 g/mol. The van der Waals surface area contributed by atoms with Crippen molar-refractivity contribution in [3.8, 4) is 0 Å². The van der Waals surface area contributed by atoms with Crippen LogP contribution in [0.3, 0.4) is 0 Å². The number of ketones is 1. The van der Waals surface area contributed by atoms with E-state index in [1.807, 2.05) is 32.0 Å². The molecular formula is C28H33N3O6S. The minimum Gasteiger partial charge on any atom is -0.451 e. The summed E-state index contributed by atoms with van der Waals surface area (Å²) >= 11 is 0. The molecule has 9 nitrogen and oxygen atoms in total. The van der Waals surface area contributed by atoms with Crippen LogP contribution in [0, 0.1) is 12.8 Å². The van der Waals surface area contributed by atoms with E-state index in [1.165, 1.54) is 12.1 Å². The largest absolute Gasteiger partial charge is 0.451 e. The predicted octanol–water partition coefficient (Wildman–Crippen LogP) is 3.42. The number of para-hydroxylation sites is 1. The molecule has 1 aliphatic rings. The molecule has 1 fully saturated rings. The Bertz CT molecular complexity index is 1430. The van der Waals surface area contributed by atoms with Gasteiger partial charge in [-0.1, -0.05) is 50.2 Å². The summed E-state index contributed by atoms with van der Waals surface area (Å²) in [7, 11) is -3.83. The fourth-order valence-corrected chi connectivity index (χ4v) is 6.15. The van der Waals surface area contributed by atoms with E-state index in [2.05, 4.69) is 10.6 Å². The number of amides is 2. The van der Waals surface area contributed by atoms with Crippen LogP contribution < -0.4 is 10.6 Å². The van der Waals surface area contributed by atoms with Crippen molar-refractivity contribution in [3.05, 3.63) is 65.9 Å². The number of furan rings is 1. The first-order valence-electron chi connectivity index (χ1n) is 12.7. The number of nitrogens with one attached hydrogen (secondary N) is 2. The van der Waals surface area contributed by atoms with Gasteiger partial charge in [0.05, 0.1) is 17.5 Å². The second-order valence-electron chi connectivity index (χ2n) is 10.0. The molecule has 4 rings (SSSR count). The van der Waals surface area contributed by atoms with Gasteiger partial charge in [-0.3, -0.25) is 14.4 Å². The minimum absolute atomic E-state index is 0.0826. The lowest BCUT2D eigenvalue weighted by Crippen LogP contribution is -2.52. The summed E-state index contributed by atoms with van der Waals surface area (Å²) in [4.78, 5) is 39.6. The van der Waals surface area contributed by atoms with Gasteiger partial charge in [0.2, 0.25) is 15.9 Å². The Balaban J connectivity index is 1.46. The van der Waals surface area contributed by atoms with Gasteiger partial charge in [0.15, 0.2) is 11.5 Å². The van der Waals surface area contributed by atoms with Gasteiger partial charge in [-0.15, -0.1) is 0 Å². The van der Waals surface area contributed by atoms with Crippen molar-refractivity contribution in [1.29, 1.82) is 0 Å². The lowest BCUT2D eigenvalue weighted by molar-refractivity contribution is -0.129. The van der Waals surface area contributed by atoms with Crippen LogP contribution in [0.1, 0.15) is 49.2 Å². The minimum atomic E-state index is -3.83. The van der Waals surface area contributed by atoms with Crippen molar-refractivity contribution in [3.63, 3.8) is 0 Å². The van der Waals surface area contributed by atoms with Crippen molar-refractivity contribution < 1.29 is 27.2 Å². The third-order valence-electron chi connectivity index (χ3n) is 6.70. The third-order valence-corrected chi connectivity index (χ3v) is 8.56. The highest BCUT2D eigenvalue weighted by Crippen LogP contribution is 2.25. The zero-order valence-corrected chi connectivity index (χ0v) is 22.6. The number of rotatable bonds is 8. The molecule has 1 aromatic heterocycles. The van der Waals surface area contributed by atoms with Gasteiger partial charge in [-0.25, -0.2) is 8.42 Å². The third kappa shape index (κ3) is 5.97. The molecule has 0 spiro atoms. The normalized spacial score (nSPS) is 17.8. The van der Waals surface area contributed by atoms with Gasteiger partial charge >= 0.3 is 0 Å². The SMILES string of the molecule is Cc1c(C(=O)N[C@H](CC(C)C)C(=O)N[C@@H]2CCCN(S(=O)(=O)c3ccccc3)CC2=O)oc2ccccc12. The Morgan fingerprint density at radius 3 is 2.45 bits per heavy atom. The molecule has 2 N–H and O–H groups in total. The Kier molecular flexibility index (Phi) is 8.32. The van der Waals surface area contributed by atoms with Crippen LogP contribution in [-0.4, -0.2) is 55.5 Å². The van der Waals surface area contributed by atoms with E-state index in [4.69, 9.17) is 4.42 Å². The highest BCUT2D eigenvalue weighted by molar-refractivity contribution is 7.89. The van der Waals surface area contributed by atoms with E-state index in [9.17, 15) is 22.8 Å². The number of carbonyl (C=O) groups excluding carboxylic acids is 3. The number of fused-ring (bicyclic) bond motifs is 1. The maximum absolute atomic E-state index is 13.3. The van der Waals surface area contributed by atoms with Gasteiger partial charge in [0.25, 0.3) is 5.91 Å². The molecule has 0 saturated carbocycles. The monoisotopic (exact) mass is 539 g/mol. The van der Waals surface area contributed by atoms with Gasteiger partial charge in [0.1, 0.15) is 11.6 Å². The first-order chi connectivity index (χ1) is 18.1. The number of aryl methyl sites for hydroxylation is 1. The van der Waals surface area contributed by atoms with E-state index >= 15 is 0 Å². The highest BCUT2D eigenvalue weighted by Gasteiger charge is 2.34. The van der Waals surface area contributed by atoms with E-state index in [0.717, 1.165) is 9.69 Å². The molecule has 1 aliphatic heterocycles. The van der Waals surface area contributed by atoms with Crippen molar-refractivity contribution in [2.45, 2.75) is 57.0 Å². The van der Waals surface area contributed by atoms with Crippen LogP contribution >= 0.6 is 0 Å². The number of hydrogen-bond donors (Lipinski definition) is 2. The fraction of sp³-hybridized carbons (Fsp3) is 0.393. The Morgan fingerprint density at radius 1 is 1.08 bits per heavy atom. The van der Waals surface area contributed by atoms with Crippen LogP contribution in [0.25, 0.3) is 11.0 Å². The highest BCUT2D eigenvalue weighted by atomic mass is 32.2. The van der Waals surface area contributed by atoms with Crippen molar-refractivity contribution in [1.82, 2.24) is 14.9 Å². The predicted molar refractivity (Wildman–Crippen MR) is 143 cm³/mol. The molecule has 202 valence electrons. The van der Waals surface area contributed by atoms with E-state index in [0.29, 0.717) is 30.4 Å². The number of hydrogen-bond acceptors (Lipinski definition) is 6. The van der Waals surface area contributed by atoms with Crippen LogP contribution in [0.5, 0.6) is 0 Å². The molecule has 10 heteroatoms. The topological polar surface area (TPSA) is 126 Å². The second kappa shape index (κ2) is 11.5. The van der Waals surface area contributed by atoms with Crippen LogP contribution in [0.2, 0.25) is 0 Å². The van der Waals surface area contributed by atoms with Crippen molar-refractivity contribution in [2.24, 2.45) is 5.92 Å². The molecule has 38 heavy (non-hydrogen) atoms. The summed E-state index contributed by atoms with van der Waals surface area (Å²) in [5, 5.41) is 6.37. The second-order valence-corrected chi connectivity index (χ2v) is 12.0. The molecule has 2 atom stereocenters. The van der Waals surface area contributed by atoms with E-state index in [-0.39, 0.29) is 29.7 Å². The Hall–Kier alpha value is -3.50. The summed E-state index contributed by atoms with van der Waals surface area (Å²) < 4.78 is 33.0. The van der Waals surface area contributed by atoms with Gasteiger partial charge in [0, 0.05) is 17.5 Å². The summed E-state index contributed by atoms with van der Waals surface area (Å²) in [6.45, 7) is 5.50. The Labute approximate surface area is 222 Å². The number of nitrogens with zero attached hydrogens (tertiary/aromatic N) is 1. The molecule has 2 amide bonds. The van der Waals surface area contributed by atoms with Crippen LogP contribution in [0.15, 0.2) is 63.9 Å². The lowest BCUT2D eigenvalue weighted by atomic mass is 10.0. The average Bonchev–Trinajstić information content (AvgIpc) is 3.11. The number of Topliss-reactive ketones (excluding diaryl/α,β-unsaturated/α-hetero) is 1. The fourth-order valence-electron chi connectivity index (χ4n) is 4.69. The van der Waals surface area contributed by atoms with E-state index in [1.54, 1.807) is 31.2 Å². The van der Waals surface area contributed by atoms with Crippen LogP contribution in [0.4, 0.5) is 0 Å². The van der Waals surface area contributed by atoms with Crippen LogP contribution in [-0.2, 0) is 19.6 Å². The zero-order chi connectivity index (χ0) is 27.4. The molecule has 0 unspecified atom stereocenters.